The number of nitrogens with zero attached hydrogens (tertiary/aromatic N) is 2. The Bertz CT molecular complexity index is 4790. The molecule has 3 aliphatic rings. The second-order valence-electron chi connectivity index (χ2n) is 22.7. The number of para-hydroxylation sites is 2. The van der Waals surface area contributed by atoms with Gasteiger partial charge in [-0.2, -0.15) is 0 Å². The molecule has 17 rings (SSSR count). The first-order valence-corrected chi connectivity index (χ1v) is 28.7. The molecule has 0 aliphatic heterocycles. The standard InChI is InChI=1S/C74H54N2S/c1-3-45-38-51-42-64(45)44(2)74(51)65-21-8-4-14-55(65)56-34-30-48(39-66(56)74)46-26-28-47(29-27-46)53-18-12-20-57-54(53)19-13-24-69(57)76-68-23-10-6-16-59(68)61-36-32-50(41-71(61)76)49-31-35-60-58-15-5-9-22-67(58)75(70(60)40-49)52-33-37-63-62-17-7-11-25-72(62)77-73(63)43-52/h4-37,39-41,43-45,51,64H,3,38,42H2,1-2H3. The van der Waals surface area contributed by atoms with Crippen LogP contribution in [0.1, 0.15) is 44.2 Å². The third-order valence-electron chi connectivity index (χ3n) is 19.4. The summed E-state index contributed by atoms with van der Waals surface area (Å²) in [5.74, 6) is 3.02. The van der Waals surface area contributed by atoms with Crippen molar-refractivity contribution in [2.45, 2.75) is 38.5 Å². The normalized spacial score (nSPS) is 19.6. The Hall–Kier alpha value is -8.50. The van der Waals surface area contributed by atoms with Crippen molar-refractivity contribution in [1.82, 2.24) is 9.13 Å². The van der Waals surface area contributed by atoms with Gasteiger partial charge in [0.15, 0.2) is 0 Å². The van der Waals surface area contributed by atoms with Crippen LogP contribution in [-0.2, 0) is 5.41 Å². The molecular formula is C74H54N2S. The van der Waals surface area contributed by atoms with Crippen molar-refractivity contribution in [2.24, 2.45) is 23.7 Å². The van der Waals surface area contributed by atoms with Crippen LogP contribution < -0.4 is 0 Å². The third kappa shape index (κ3) is 6.01. The van der Waals surface area contributed by atoms with E-state index in [9.17, 15) is 0 Å². The van der Waals surface area contributed by atoms with Gasteiger partial charge < -0.3 is 9.13 Å². The third-order valence-corrected chi connectivity index (χ3v) is 20.5. The number of hydrogen-bond donors (Lipinski definition) is 0. The molecule has 3 heterocycles. The van der Waals surface area contributed by atoms with Gasteiger partial charge >= 0.3 is 0 Å². The van der Waals surface area contributed by atoms with E-state index in [4.69, 9.17) is 0 Å². The summed E-state index contributed by atoms with van der Waals surface area (Å²) in [4.78, 5) is 0. The van der Waals surface area contributed by atoms with E-state index < -0.39 is 0 Å². The van der Waals surface area contributed by atoms with E-state index in [0.717, 1.165) is 11.8 Å². The first-order chi connectivity index (χ1) is 38.0. The number of hydrogen-bond acceptors (Lipinski definition) is 1. The van der Waals surface area contributed by atoms with Gasteiger partial charge in [0, 0.05) is 58.2 Å². The molecule has 11 aromatic carbocycles. The molecule has 2 bridgehead atoms. The van der Waals surface area contributed by atoms with Crippen LogP contribution in [0.5, 0.6) is 0 Å². The summed E-state index contributed by atoms with van der Waals surface area (Å²) in [5.41, 5.74) is 20.9. The molecule has 3 heteroatoms. The van der Waals surface area contributed by atoms with Gasteiger partial charge in [-0.25, -0.2) is 0 Å². The van der Waals surface area contributed by atoms with Crippen LogP contribution in [0.4, 0.5) is 0 Å². The Kier molecular flexibility index (Phi) is 9.23. The maximum Gasteiger partial charge on any atom is 0.0547 e. The van der Waals surface area contributed by atoms with Gasteiger partial charge in [-0.3, -0.25) is 0 Å². The van der Waals surface area contributed by atoms with Gasteiger partial charge in [0.05, 0.1) is 27.8 Å². The van der Waals surface area contributed by atoms with Crippen molar-refractivity contribution >= 4 is 85.9 Å². The predicted molar refractivity (Wildman–Crippen MR) is 327 cm³/mol. The zero-order chi connectivity index (χ0) is 50.7. The van der Waals surface area contributed by atoms with Crippen LogP contribution in [-0.4, -0.2) is 9.13 Å². The highest BCUT2D eigenvalue weighted by Gasteiger charge is 2.63. The number of aromatic nitrogens is 2. The summed E-state index contributed by atoms with van der Waals surface area (Å²) in [6.45, 7) is 5.00. The van der Waals surface area contributed by atoms with Crippen molar-refractivity contribution in [3.05, 3.63) is 242 Å². The maximum atomic E-state index is 2.59. The summed E-state index contributed by atoms with van der Waals surface area (Å²) in [7, 11) is 0. The Balaban J connectivity index is 0.762. The molecule has 5 atom stereocenters. The smallest absolute Gasteiger partial charge is 0.0547 e. The monoisotopic (exact) mass is 1000 g/mol. The maximum absolute atomic E-state index is 2.59. The first kappa shape index (κ1) is 43.7. The lowest BCUT2D eigenvalue weighted by Crippen LogP contribution is -2.41. The SMILES string of the molecule is CCC1CC2CC1C(C)C21c2ccccc2-c2ccc(-c3ccc(-c4cccc5c(-n6c7ccccc7c7ccc(-c8ccc9c%10ccccc%10n(-c%10ccc%11c(c%10)sc%10ccccc%10%11)c9c8)cc76)cccc45)cc3)cc21. The highest BCUT2D eigenvalue weighted by atomic mass is 32.1. The molecule has 2 fully saturated rings. The second kappa shape index (κ2) is 16.3. The molecule has 0 amide bonds. The zero-order valence-corrected chi connectivity index (χ0v) is 44.0. The highest BCUT2D eigenvalue weighted by molar-refractivity contribution is 7.25. The van der Waals surface area contributed by atoms with E-state index in [1.807, 2.05) is 11.3 Å². The minimum absolute atomic E-state index is 0.116. The molecule has 77 heavy (non-hydrogen) atoms. The van der Waals surface area contributed by atoms with Crippen LogP contribution in [0.3, 0.4) is 0 Å². The van der Waals surface area contributed by atoms with Crippen LogP contribution in [0.15, 0.2) is 231 Å². The van der Waals surface area contributed by atoms with Crippen LogP contribution in [0.25, 0.3) is 130 Å². The number of rotatable bonds is 6. The zero-order valence-electron chi connectivity index (χ0n) is 43.2. The molecule has 3 aromatic heterocycles. The van der Waals surface area contributed by atoms with Crippen molar-refractivity contribution in [3.63, 3.8) is 0 Å². The molecule has 5 unspecified atom stereocenters. The van der Waals surface area contributed by atoms with E-state index in [1.165, 1.54) is 150 Å². The van der Waals surface area contributed by atoms with Gasteiger partial charge in [-0.1, -0.05) is 196 Å². The average Bonchev–Trinajstić information content (AvgIpc) is 3.88. The van der Waals surface area contributed by atoms with Gasteiger partial charge in [0.25, 0.3) is 0 Å². The number of thiophene rings is 1. The molecule has 2 nitrogen and oxygen atoms in total. The largest absolute Gasteiger partial charge is 0.309 e. The van der Waals surface area contributed by atoms with Gasteiger partial charge in [0.2, 0.25) is 0 Å². The Morgan fingerprint density at radius 1 is 0.403 bits per heavy atom. The molecule has 2 saturated carbocycles. The van der Waals surface area contributed by atoms with Crippen LogP contribution in [0, 0.1) is 23.7 Å². The second-order valence-corrected chi connectivity index (χ2v) is 23.8. The summed E-state index contributed by atoms with van der Waals surface area (Å²) in [6.07, 6.45) is 4.04. The van der Waals surface area contributed by atoms with Crippen molar-refractivity contribution in [1.29, 1.82) is 0 Å². The fourth-order valence-corrected chi connectivity index (χ4v) is 17.2. The molecule has 3 aliphatic carbocycles. The van der Waals surface area contributed by atoms with Crippen LogP contribution >= 0.6 is 11.3 Å². The number of fused-ring (bicyclic) bond motifs is 18. The van der Waals surface area contributed by atoms with Gasteiger partial charge in [-0.05, 0) is 152 Å². The molecule has 366 valence electrons. The highest BCUT2D eigenvalue weighted by Crippen LogP contribution is 2.70. The van der Waals surface area contributed by atoms with Crippen molar-refractivity contribution < 1.29 is 0 Å². The minimum Gasteiger partial charge on any atom is -0.309 e. The first-order valence-electron chi connectivity index (χ1n) is 27.9. The predicted octanol–water partition coefficient (Wildman–Crippen LogP) is 20.4. The van der Waals surface area contributed by atoms with Gasteiger partial charge in [0.1, 0.15) is 0 Å². The topological polar surface area (TPSA) is 9.86 Å². The summed E-state index contributed by atoms with van der Waals surface area (Å²) in [6, 6.07) is 87.7. The fourth-order valence-electron chi connectivity index (χ4n) is 16.0. The molecule has 1 spiro atoms. The van der Waals surface area contributed by atoms with E-state index in [-0.39, 0.29) is 5.41 Å². The quantitative estimate of drug-likeness (QED) is 0.157. The fraction of sp³-hybridized carbons (Fsp3) is 0.135. The van der Waals surface area contributed by atoms with E-state index >= 15 is 0 Å². The molecule has 0 radical (unpaired) electrons. The van der Waals surface area contributed by atoms with Crippen LogP contribution in [0.2, 0.25) is 0 Å². The molecular weight excluding hydrogens is 949 g/mol. The molecule has 0 N–H and O–H groups in total. The lowest BCUT2D eigenvalue weighted by molar-refractivity contribution is 0.167. The summed E-state index contributed by atoms with van der Waals surface area (Å²) < 4.78 is 7.61. The Morgan fingerprint density at radius 2 is 0.961 bits per heavy atom. The minimum atomic E-state index is 0.116. The van der Waals surface area contributed by atoms with E-state index in [1.54, 1.807) is 11.1 Å². The molecule has 0 saturated heterocycles. The van der Waals surface area contributed by atoms with Crippen molar-refractivity contribution in [3.8, 4) is 55.9 Å². The molecule has 14 aromatic rings. The number of benzene rings is 11. The average molecular weight is 1000 g/mol. The lowest BCUT2D eigenvalue weighted by atomic mass is 9.59. The lowest BCUT2D eigenvalue weighted by Gasteiger charge is -2.44. The Labute approximate surface area is 452 Å². The Morgan fingerprint density at radius 3 is 1.74 bits per heavy atom. The summed E-state index contributed by atoms with van der Waals surface area (Å²) in [5, 5.41) is 10.2. The van der Waals surface area contributed by atoms with E-state index in [0.29, 0.717) is 11.8 Å². The summed E-state index contributed by atoms with van der Waals surface area (Å²) >= 11 is 1.88. The van der Waals surface area contributed by atoms with Gasteiger partial charge in [-0.15, -0.1) is 11.3 Å². The van der Waals surface area contributed by atoms with E-state index in [2.05, 4.69) is 254 Å². The van der Waals surface area contributed by atoms with Crippen molar-refractivity contribution in [2.75, 3.05) is 0 Å².